The first-order chi connectivity index (χ1) is 16.4. The second kappa shape index (κ2) is 11.1. The quantitative estimate of drug-likeness (QED) is 0.627. The summed E-state index contributed by atoms with van der Waals surface area (Å²) in [7, 11) is -3.98. The minimum absolute atomic E-state index is 0.146. The maximum atomic E-state index is 14.5. The van der Waals surface area contributed by atoms with Gasteiger partial charge in [-0.1, -0.05) is 19.3 Å². The summed E-state index contributed by atoms with van der Waals surface area (Å²) in [6.45, 7) is 4.79. The highest BCUT2D eigenvalue weighted by Crippen LogP contribution is 2.24. The second-order valence-electron chi connectivity index (χ2n) is 9.47. The number of benzene rings is 1. The van der Waals surface area contributed by atoms with Crippen molar-refractivity contribution in [2.45, 2.75) is 49.8 Å². The van der Waals surface area contributed by atoms with Crippen molar-refractivity contribution in [1.29, 1.82) is 0 Å². The number of carbonyl (C=O) groups excluding carboxylic acids is 2. The van der Waals surface area contributed by atoms with Crippen molar-refractivity contribution < 1.29 is 22.4 Å². The summed E-state index contributed by atoms with van der Waals surface area (Å²) in [6.07, 6.45) is 6.93. The van der Waals surface area contributed by atoms with Crippen LogP contribution in [0.5, 0.6) is 0 Å². The standard InChI is InChI=1S/C24H35FN4O4S/c25-21-9-8-20(18-22(21)34(32,33)29-12-6-3-7-13-29)24(31)28-16-14-26(15-17-28)19-23(30)27-10-4-1-2-5-11-27/h8-9,18H,1-7,10-17,19H2. The zero-order valence-corrected chi connectivity index (χ0v) is 20.6. The van der Waals surface area contributed by atoms with E-state index in [0.29, 0.717) is 45.8 Å². The number of hydrogen-bond donors (Lipinski definition) is 0. The molecular formula is C24H35FN4O4S. The van der Waals surface area contributed by atoms with E-state index in [9.17, 15) is 22.4 Å². The molecule has 2 amide bonds. The third-order valence-electron chi connectivity index (χ3n) is 7.09. The van der Waals surface area contributed by atoms with Gasteiger partial charge in [-0.2, -0.15) is 4.31 Å². The van der Waals surface area contributed by atoms with E-state index in [2.05, 4.69) is 4.90 Å². The Morgan fingerprint density at radius 1 is 0.765 bits per heavy atom. The van der Waals surface area contributed by atoms with Crippen LogP contribution in [0.4, 0.5) is 4.39 Å². The minimum Gasteiger partial charge on any atom is -0.342 e. The van der Waals surface area contributed by atoms with E-state index >= 15 is 0 Å². The fourth-order valence-electron chi connectivity index (χ4n) is 4.98. The van der Waals surface area contributed by atoms with Gasteiger partial charge in [-0.25, -0.2) is 12.8 Å². The summed E-state index contributed by atoms with van der Waals surface area (Å²) >= 11 is 0. The van der Waals surface area contributed by atoms with E-state index in [0.717, 1.165) is 51.3 Å². The first kappa shape index (κ1) is 25.1. The molecule has 3 aliphatic rings. The van der Waals surface area contributed by atoms with Crippen LogP contribution in [-0.2, 0) is 14.8 Å². The van der Waals surface area contributed by atoms with Gasteiger partial charge in [0, 0.05) is 57.9 Å². The predicted octanol–water partition coefficient (Wildman–Crippen LogP) is 2.16. The van der Waals surface area contributed by atoms with Crippen LogP contribution in [0.1, 0.15) is 55.3 Å². The molecule has 3 saturated heterocycles. The summed E-state index contributed by atoms with van der Waals surface area (Å²) in [5, 5.41) is 0. The van der Waals surface area contributed by atoms with Crippen molar-refractivity contribution in [1.82, 2.24) is 19.0 Å². The van der Waals surface area contributed by atoms with Crippen LogP contribution >= 0.6 is 0 Å². The largest absolute Gasteiger partial charge is 0.342 e. The molecule has 1 aromatic rings. The molecule has 0 N–H and O–H groups in total. The first-order valence-electron chi connectivity index (χ1n) is 12.5. The second-order valence-corrected chi connectivity index (χ2v) is 11.4. The zero-order valence-electron chi connectivity index (χ0n) is 19.8. The molecule has 0 radical (unpaired) electrons. The maximum Gasteiger partial charge on any atom is 0.253 e. The molecule has 8 nitrogen and oxygen atoms in total. The van der Waals surface area contributed by atoms with E-state index in [4.69, 9.17) is 0 Å². The van der Waals surface area contributed by atoms with Crippen LogP contribution in [0.2, 0.25) is 0 Å². The molecule has 0 unspecified atom stereocenters. The average Bonchev–Trinajstić information content (AvgIpc) is 3.15. The number of rotatable bonds is 5. The molecule has 0 spiro atoms. The average molecular weight is 495 g/mol. The maximum absolute atomic E-state index is 14.5. The molecule has 3 heterocycles. The molecule has 0 bridgehead atoms. The third-order valence-corrected chi connectivity index (χ3v) is 9.00. The highest BCUT2D eigenvalue weighted by atomic mass is 32.2. The fourth-order valence-corrected chi connectivity index (χ4v) is 6.59. The predicted molar refractivity (Wildman–Crippen MR) is 126 cm³/mol. The Balaban J connectivity index is 1.36. The van der Waals surface area contributed by atoms with E-state index < -0.39 is 20.7 Å². The van der Waals surface area contributed by atoms with Gasteiger partial charge in [0.15, 0.2) is 0 Å². The number of carbonyl (C=O) groups is 2. The molecule has 3 fully saturated rings. The van der Waals surface area contributed by atoms with E-state index in [1.807, 2.05) is 4.90 Å². The fraction of sp³-hybridized carbons (Fsp3) is 0.667. The molecule has 1 aromatic carbocycles. The number of piperazine rings is 1. The number of hydrogen-bond acceptors (Lipinski definition) is 5. The summed E-state index contributed by atoms with van der Waals surface area (Å²) in [4.78, 5) is 31.0. The lowest BCUT2D eigenvalue weighted by atomic mass is 10.1. The zero-order chi connectivity index (χ0) is 24.1. The number of amides is 2. The molecular weight excluding hydrogens is 459 g/mol. The van der Waals surface area contributed by atoms with Gasteiger partial charge in [0.05, 0.1) is 6.54 Å². The molecule has 0 saturated carbocycles. The van der Waals surface area contributed by atoms with Crippen molar-refractivity contribution in [3.63, 3.8) is 0 Å². The van der Waals surface area contributed by atoms with E-state index in [1.165, 1.54) is 29.3 Å². The van der Waals surface area contributed by atoms with Crippen LogP contribution in [0.3, 0.4) is 0 Å². The topological polar surface area (TPSA) is 81.2 Å². The minimum atomic E-state index is -3.98. The van der Waals surface area contributed by atoms with Crippen molar-refractivity contribution >= 4 is 21.8 Å². The molecule has 0 aromatic heterocycles. The van der Waals surface area contributed by atoms with Gasteiger partial charge in [0.1, 0.15) is 10.7 Å². The third kappa shape index (κ3) is 5.78. The van der Waals surface area contributed by atoms with Crippen LogP contribution in [0.15, 0.2) is 23.1 Å². The molecule has 4 rings (SSSR count). The van der Waals surface area contributed by atoms with Crippen molar-refractivity contribution in [3.05, 3.63) is 29.6 Å². The smallest absolute Gasteiger partial charge is 0.253 e. The van der Waals surface area contributed by atoms with Crippen LogP contribution < -0.4 is 0 Å². The Morgan fingerprint density at radius 3 is 2.00 bits per heavy atom. The number of piperidine rings is 1. The highest BCUT2D eigenvalue weighted by molar-refractivity contribution is 7.89. The SMILES string of the molecule is O=C(CN1CCN(C(=O)c2ccc(F)c(S(=O)(=O)N3CCCCC3)c2)CC1)N1CCCCCC1. The Morgan fingerprint density at radius 2 is 1.35 bits per heavy atom. The van der Waals surface area contributed by atoms with Crippen molar-refractivity contribution in [2.24, 2.45) is 0 Å². The molecule has 3 aliphatic heterocycles. The molecule has 188 valence electrons. The van der Waals surface area contributed by atoms with E-state index in [-0.39, 0.29) is 17.4 Å². The van der Waals surface area contributed by atoms with Crippen LogP contribution in [-0.4, -0.2) is 98.1 Å². The van der Waals surface area contributed by atoms with Gasteiger partial charge >= 0.3 is 0 Å². The highest BCUT2D eigenvalue weighted by Gasteiger charge is 2.31. The molecule has 0 atom stereocenters. The summed E-state index contributed by atoms with van der Waals surface area (Å²) in [5.41, 5.74) is 0.172. The first-order valence-corrected chi connectivity index (χ1v) is 13.9. The number of sulfonamides is 1. The number of nitrogens with zero attached hydrogens (tertiary/aromatic N) is 4. The monoisotopic (exact) mass is 494 g/mol. The van der Waals surface area contributed by atoms with Crippen molar-refractivity contribution in [2.75, 3.05) is 58.9 Å². The lowest BCUT2D eigenvalue weighted by molar-refractivity contribution is -0.132. The lowest BCUT2D eigenvalue weighted by Gasteiger charge is -2.35. The molecule has 0 aliphatic carbocycles. The molecule has 10 heteroatoms. The normalized spacial score (nSPS) is 21.3. The van der Waals surface area contributed by atoms with Crippen LogP contribution in [0.25, 0.3) is 0 Å². The van der Waals surface area contributed by atoms with Gasteiger partial charge in [0.2, 0.25) is 15.9 Å². The summed E-state index contributed by atoms with van der Waals surface area (Å²) in [6, 6.07) is 3.60. The van der Waals surface area contributed by atoms with Gasteiger partial charge in [-0.3, -0.25) is 14.5 Å². The number of halogens is 1. The van der Waals surface area contributed by atoms with Gasteiger partial charge in [-0.05, 0) is 43.9 Å². The Kier molecular flexibility index (Phi) is 8.21. The summed E-state index contributed by atoms with van der Waals surface area (Å²) < 4.78 is 41.8. The van der Waals surface area contributed by atoms with Gasteiger partial charge in [0.25, 0.3) is 5.91 Å². The van der Waals surface area contributed by atoms with Crippen LogP contribution in [0, 0.1) is 5.82 Å². The lowest BCUT2D eigenvalue weighted by Crippen LogP contribution is -2.51. The number of likely N-dealkylation sites (tertiary alicyclic amines) is 1. The van der Waals surface area contributed by atoms with E-state index in [1.54, 1.807) is 4.90 Å². The molecule has 34 heavy (non-hydrogen) atoms. The summed E-state index contributed by atoms with van der Waals surface area (Å²) in [5.74, 6) is -1.000. The Labute approximate surface area is 201 Å². The van der Waals surface area contributed by atoms with Gasteiger partial charge < -0.3 is 9.80 Å². The van der Waals surface area contributed by atoms with Gasteiger partial charge in [-0.15, -0.1) is 0 Å². The Bertz CT molecular complexity index is 981. The van der Waals surface area contributed by atoms with Crippen molar-refractivity contribution in [3.8, 4) is 0 Å². The Hall–Kier alpha value is -2.04.